The number of aldehydes is 1. The van der Waals surface area contributed by atoms with Crippen molar-refractivity contribution >= 4 is 41.7 Å². The van der Waals surface area contributed by atoms with Crippen molar-refractivity contribution in [3.8, 4) is 0 Å². The van der Waals surface area contributed by atoms with Crippen LogP contribution in [0.25, 0.3) is 0 Å². The molecule has 18 heteroatoms. The minimum absolute atomic E-state index is 0.133. The van der Waals surface area contributed by atoms with Gasteiger partial charge in [-0.05, 0) is 32.6 Å². The highest BCUT2D eigenvalue weighted by Gasteiger charge is 2.35. The second-order valence-corrected chi connectivity index (χ2v) is 9.52. The third-order valence-electron chi connectivity index (χ3n) is 5.92. The molecule has 0 saturated carbocycles. The Morgan fingerprint density at radius 3 is 2.10 bits per heavy atom. The van der Waals surface area contributed by atoms with Crippen LogP contribution in [-0.4, -0.2) is 119 Å². The number of aliphatic hydroxyl groups is 3. The van der Waals surface area contributed by atoms with Gasteiger partial charge >= 0.3 is 0 Å². The van der Waals surface area contributed by atoms with Gasteiger partial charge in [0.2, 0.25) is 35.4 Å². The molecule has 0 fully saturated rings. The predicted octanol–water partition coefficient (Wildman–Crippen LogP) is -5.86. The van der Waals surface area contributed by atoms with Gasteiger partial charge in [0.25, 0.3) is 0 Å². The van der Waals surface area contributed by atoms with Crippen LogP contribution in [0.15, 0.2) is 0 Å². The monoisotopic (exact) mass is 605 g/mol. The molecule has 0 aliphatic heterocycles. The predicted molar refractivity (Wildman–Crippen MR) is 145 cm³/mol. The van der Waals surface area contributed by atoms with E-state index in [0.29, 0.717) is 19.3 Å². The van der Waals surface area contributed by atoms with E-state index in [2.05, 4.69) is 21.3 Å². The van der Waals surface area contributed by atoms with Crippen molar-refractivity contribution in [2.24, 2.45) is 17.2 Å². The van der Waals surface area contributed by atoms with E-state index in [1.165, 1.54) is 6.92 Å². The lowest BCUT2D eigenvalue weighted by Crippen LogP contribution is -2.56. The number of ether oxygens (including phenoxy) is 1. The zero-order valence-corrected chi connectivity index (χ0v) is 23.6. The van der Waals surface area contributed by atoms with E-state index >= 15 is 0 Å². The molecule has 0 spiro atoms. The van der Waals surface area contributed by atoms with Gasteiger partial charge in [-0.3, -0.25) is 28.8 Å². The summed E-state index contributed by atoms with van der Waals surface area (Å²) in [4.78, 5) is 82.4. The van der Waals surface area contributed by atoms with Gasteiger partial charge in [-0.25, -0.2) is 0 Å². The summed E-state index contributed by atoms with van der Waals surface area (Å²) in [6.45, 7) is 0.893. The van der Waals surface area contributed by atoms with Crippen LogP contribution in [0.1, 0.15) is 46.0 Å². The van der Waals surface area contributed by atoms with Gasteiger partial charge in [-0.2, -0.15) is 0 Å². The SMILES string of the molecule is CC(=O)N[C@@H](C=O)[C@@H](OCC(=O)NC(C)C(=O)NC(CCC(=O)NCCCCC(N)C(N)=O)C(N)=O)[C@H](O)[C@H](O)CO. The Morgan fingerprint density at radius 2 is 1.57 bits per heavy atom. The van der Waals surface area contributed by atoms with Gasteiger partial charge in [0.05, 0.1) is 12.6 Å². The molecule has 13 N–H and O–H groups in total. The average molecular weight is 606 g/mol. The van der Waals surface area contributed by atoms with E-state index in [1.807, 2.05) is 0 Å². The van der Waals surface area contributed by atoms with Crippen LogP contribution in [0.4, 0.5) is 0 Å². The zero-order chi connectivity index (χ0) is 32.4. The number of hydrogen-bond acceptors (Lipinski definition) is 12. The van der Waals surface area contributed by atoms with E-state index in [9.17, 15) is 43.8 Å². The standard InChI is InChI=1S/C24H43N7O11/c1-12(29-19(37)11-42-21(20(38)17(35)10-33)16(9-32)30-13(2)34)24(41)31-15(23(27)40)6-7-18(36)28-8-4-3-5-14(25)22(26)39/h9,12,14-17,20-21,33,35,38H,3-8,10-11,25H2,1-2H3,(H2,26,39)(H2,27,40)(H,28,36)(H,29,37)(H,30,34)(H,31,41)/t12?,14?,15?,16-,17+,20+,21+/m0/s1. The number of rotatable bonds is 22. The van der Waals surface area contributed by atoms with E-state index < -0.39 is 91.1 Å². The summed E-state index contributed by atoms with van der Waals surface area (Å²) in [5.41, 5.74) is 15.9. The van der Waals surface area contributed by atoms with Crippen LogP contribution in [0.3, 0.4) is 0 Å². The molecule has 0 aromatic rings. The second-order valence-electron chi connectivity index (χ2n) is 9.52. The lowest BCUT2D eigenvalue weighted by molar-refractivity contribution is -0.146. The minimum Gasteiger partial charge on any atom is -0.394 e. The van der Waals surface area contributed by atoms with Gasteiger partial charge < -0.3 is 63.3 Å². The van der Waals surface area contributed by atoms with Crippen molar-refractivity contribution in [1.29, 1.82) is 0 Å². The highest BCUT2D eigenvalue weighted by Crippen LogP contribution is 2.09. The molecule has 18 nitrogen and oxygen atoms in total. The van der Waals surface area contributed by atoms with E-state index in [4.69, 9.17) is 27.0 Å². The average Bonchev–Trinajstić information content (AvgIpc) is 2.92. The maximum Gasteiger partial charge on any atom is 0.246 e. The van der Waals surface area contributed by atoms with Crippen molar-refractivity contribution in [2.75, 3.05) is 19.8 Å². The summed E-state index contributed by atoms with van der Waals surface area (Å²) in [6.07, 6.45) is -3.90. The molecular weight excluding hydrogens is 562 g/mol. The molecule has 0 aliphatic rings. The number of nitrogens with two attached hydrogens (primary N) is 3. The first-order chi connectivity index (χ1) is 19.6. The maximum atomic E-state index is 12.5. The summed E-state index contributed by atoms with van der Waals surface area (Å²) < 4.78 is 5.22. The lowest BCUT2D eigenvalue weighted by Gasteiger charge is -2.30. The van der Waals surface area contributed by atoms with E-state index in [0.717, 1.165) is 6.92 Å². The molecule has 0 aromatic carbocycles. The molecule has 0 aromatic heterocycles. The van der Waals surface area contributed by atoms with Gasteiger partial charge in [0, 0.05) is 19.9 Å². The second kappa shape index (κ2) is 20.2. The molecule has 0 rings (SSSR count). The number of carbonyl (C=O) groups excluding carboxylic acids is 7. The Labute approximate surface area is 242 Å². The zero-order valence-electron chi connectivity index (χ0n) is 23.6. The summed E-state index contributed by atoms with van der Waals surface area (Å²) in [5.74, 6) is -4.36. The summed E-state index contributed by atoms with van der Waals surface area (Å²) in [6, 6.07) is -4.72. The number of unbranched alkanes of at least 4 members (excludes halogenated alkanes) is 1. The first-order valence-corrected chi connectivity index (χ1v) is 13.2. The fourth-order valence-corrected chi connectivity index (χ4v) is 3.50. The third kappa shape index (κ3) is 15.3. The smallest absolute Gasteiger partial charge is 0.246 e. The number of amides is 6. The fourth-order valence-electron chi connectivity index (χ4n) is 3.50. The Morgan fingerprint density at radius 1 is 0.929 bits per heavy atom. The highest BCUT2D eigenvalue weighted by atomic mass is 16.5. The molecule has 240 valence electrons. The third-order valence-corrected chi connectivity index (χ3v) is 5.92. The number of aliphatic hydroxyl groups excluding tert-OH is 3. The van der Waals surface area contributed by atoms with Gasteiger partial charge in [0.15, 0.2) is 0 Å². The normalized spacial score (nSPS) is 16.0. The largest absolute Gasteiger partial charge is 0.394 e. The van der Waals surface area contributed by atoms with Gasteiger partial charge in [-0.15, -0.1) is 0 Å². The topological polar surface area (TPSA) is 316 Å². The summed E-state index contributed by atoms with van der Waals surface area (Å²) in [7, 11) is 0. The molecule has 42 heavy (non-hydrogen) atoms. The number of primary amides is 2. The van der Waals surface area contributed by atoms with Crippen LogP contribution in [0.2, 0.25) is 0 Å². The first kappa shape index (κ1) is 38.3. The lowest BCUT2D eigenvalue weighted by atomic mass is 10.0. The van der Waals surface area contributed by atoms with Gasteiger partial charge in [0.1, 0.15) is 49.3 Å². The summed E-state index contributed by atoms with van der Waals surface area (Å²) >= 11 is 0. The molecular formula is C24H43N7O11. The van der Waals surface area contributed by atoms with Crippen LogP contribution in [0.5, 0.6) is 0 Å². The minimum atomic E-state index is -1.88. The van der Waals surface area contributed by atoms with Crippen molar-refractivity contribution in [3.63, 3.8) is 0 Å². The van der Waals surface area contributed by atoms with Crippen molar-refractivity contribution in [2.45, 2.75) is 88.4 Å². The van der Waals surface area contributed by atoms with Crippen LogP contribution >= 0.6 is 0 Å². The van der Waals surface area contributed by atoms with Crippen LogP contribution in [0, 0.1) is 0 Å². The van der Waals surface area contributed by atoms with Crippen molar-refractivity contribution in [1.82, 2.24) is 21.3 Å². The molecule has 0 radical (unpaired) electrons. The first-order valence-electron chi connectivity index (χ1n) is 13.2. The summed E-state index contributed by atoms with van der Waals surface area (Å²) in [5, 5.41) is 38.4. The highest BCUT2D eigenvalue weighted by molar-refractivity contribution is 5.91. The molecule has 6 amide bonds. The molecule has 0 aliphatic carbocycles. The Kier molecular flexibility index (Phi) is 18.4. The van der Waals surface area contributed by atoms with Crippen LogP contribution in [-0.2, 0) is 38.3 Å². The quantitative estimate of drug-likeness (QED) is 0.0407. The Hall–Kier alpha value is -3.71. The van der Waals surface area contributed by atoms with E-state index in [-0.39, 0.29) is 25.7 Å². The number of carbonyl (C=O) groups is 7. The maximum absolute atomic E-state index is 12.5. The van der Waals surface area contributed by atoms with Crippen molar-refractivity contribution < 1.29 is 53.6 Å². The molecule has 0 bridgehead atoms. The van der Waals surface area contributed by atoms with E-state index in [1.54, 1.807) is 0 Å². The number of hydrogen-bond donors (Lipinski definition) is 10. The van der Waals surface area contributed by atoms with Crippen molar-refractivity contribution in [3.05, 3.63) is 0 Å². The molecule has 3 unspecified atom stereocenters. The Bertz CT molecular complexity index is 936. The number of nitrogens with one attached hydrogen (secondary N) is 4. The van der Waals surface area contributed by atoms with Gasteiger partial charge in [-0.1, -0.05) is 0 Å². The molecule has 0 heterocycles. The fraction of sp³-hybridized carbons (Fsp3) is 0.708. The Balaban J connectivity index is 4.85. The van der Waals surface area contributed by atoms with Crippen LogP contribution < -0.4 is 38.5 Å². The molecule has 7 atom stereocenters. The molecule has 0 saturated heterocycles.